The molecule has 0 spiro atoms. The Morgan fingerprint density at radius 3 is 2.21 bits per heavy atom. The first-order valence-electron chi connectivity index (χ1n) is 7.18. The zero-order valence-electron chi connectivity index (χ0n) is 12.2. The Balaban J connectivity index is 2.39. The lowest BCUT2D eigenvalue weighted by atomic mass is 9.86. The quantitative estimate of drug-likeness (QED) is 0.615. The second kappa shape index (κ2) is 7.97. The van der Waals surface area contributed by atoms with E-state index >= 15 is 0 Å². The maximum absolute atomic E-state index is 11.8. The van der Waals surface area contributed by atoms with Gasteiger partial charge in [-0.15, -0.1) is 0 Å². The van der Waals surface area contributed by atoms with Crippen LogP contribution in [0, 0.1) is 5.92 Å². The van der Waals surface area contributed by atoms with Gasteiger partial charge >= 0.3 is 5.97 Å². The number of amides is 1. The number of nitrogens with one attached hydrogen (secondary N) is 1. The van der Waals surface area contributed by atoms with Crippen molar-refractivity contribution in [1.29, 1.82) is 0 Å². The standard InChI is InChI=1S/C15H25NO3/c1-4-11(5-2)10-14(17)16-13-8-6-12(7-9-13)15(18)19-3/h10,12-13H,4-9H2,1-3H3,(H,16,17). The number of carbonyl (C=O) groups excluding carboxylic acids is 2. The van der Waals surface area contributed by atoms with Gasteiger partial charge in [0.15, 0.2) is 0 Å². The van der Waals surface area contributed by atoms with E-state index in [0.29, 0.717) is 0 Å². The minimum Gasteiger partial charge on any atom is -0.469 e. The van der Waals surface area contributed by atoms with Gasteiger partial charge in [0.1, 0.15) is 0 Å². The highest BCUT2D eigenvalue weighted by molar-refractivity contribution is 5.88. The Labute approximate surface area is 115 Å². The van der Waals surface area contributed by atoms with Crippen LogP contribution in [-0.2, 0) is 14.3 Å². The average Bonchev–Trinajstić information content (AvgIpc) is 2.44. The molecular weight excluding hydrogens is 242 g/mol. The SMILES string of the molecule is CCC(=CC(=O)NC1CCC(C(=O)OC)CC1)CC. The Bertz CT molecular complexity index is 335. The first-order chi connectivity index (χ1) is 9.10. The number of rotatable bonds is 5. The number of hydrogen-bond donors (Lipinski definition) is 1. The molecule has 1 saturated carbocycles. The highest BCUT2D eigenvalue weighted by Crippen LogP contribution is 2.25. The van der Waals surface area contributed by atoms with Crippen molar-refractivity contribution in [1.82, 2.24) is 5.32 Å². The lowest BCUT2D eigenvalue weighted by molar-refractivity contribution is -0.146. The molecule has 0 bridgehead atoms. The molecular formula is C15H25NO3. The minimum atomic E-state index is -0.121. The summed E-state index contributed by atoms with van der Waals surface area (Å²) >= 11 is 0. The van der Waals surface area contributed by atoms with Crippen molar-refractivity contribution in [3.05, 3.63) is 11.6 Å². The maximum Gasteiger partial charge on any atom is 0.308 e. The molecule has 1 N–H and O–H groups in total. The zero-order valence-corrected chi connectivity index (χ0v) is 12.2. The average molecular weight is 267 g/mol. The van der Waals surface area contributed by atoms with Crippen LogP contribution < -0.4 is 5.32 Å². The molecule has 0 atom stereocenters. The Morgan fingerprint density at radius 2 is 1.74 bits per heavy atom. The minimum absolute atomic E-state index is 0.000202. The number of carbonyl (C=O) groups is 2. The lowest BCUT2D eigenvalue weighted by Crippen LogP contribution is -2.38. The highest BCUT2D eigenvalue weighted by atomic mass is 16.5. The van der Waals surface area contributed by atoms with E-state index in [1.165, 1.54) is 12.7 Å². The third kappa shape index (κ3) is 5.05. The van der Waals surface area contributed by atoms with Gasteiger partial charge in [0, 0.05) is 12.1 Å². The summed E-state index contributed by atoms with van der Waals surface area (Å²) < 4.78 is 4.75. The third-order valence-corrected chi connectivity index (χ3v) is 3.85. The molecule has 0 heterocycles. The van der Waals surface area contributed by atoms with Crippen LogP contribution in [0.4, 0.5) is 0 Å². The van der Waals surface area contributed by atoms with Gasteiger partial charge in [-0.05, 0) is 38.5 Å². The van der Waals surface area contributed by atoms with E-state index in [0.717, 1.165) is 38.5 Å². The van der Waals surface area contributed by atoms with Crippen LogP contribution in [0.2, 0.25) is 0 Å². The van der Waals surface area contributed by atoms with Crippen molar-refractivity contribution < 1.29 is 14.3 Å². The van der Waals surface area contributed by atoms with Gasteiger partial charge < -0.3 is 10.1 Å². The zero-order chi connectivity index (χ0) is 14.3. The van der Waals surface area contributed by atoms with E-state index in [9.17, 15) is 9.59 Å². The summed E-state index contributed by atoms with van der Waals surface area (Å²) in [6.45, 7) is 4.12. The molecule has 0 saturated heterocycles. The van der Waals surface area contributed by atoms with Crippen molar-refractivity contribution in [2.75, 3.05) is 7.11 Å². The number of allylic oxidation sites excluding steroid dienone is 1. The maximum atomic E-state index is 11.8. The number of methoxy groups -OCH3 is 1. The summed E-state index contributed by atoms with van der Waals surface area (Å²) in [6, 6.07) is 0.194. The Hall–Kier alpha value is -1.32. The first-order valence-corrected chi connectivity index (χ1v) is 7.18. The molecule has 0 aromatic carbocycles. The predicted molar refractivity (Wildman–Crippen MR) is 74.6 cm³/mol. The molecule has 1 aliphatic carbocycles. The van der Waals surface area contributed by atoms with E-state index in [4.69, 9.17) is 4.74 Å². The molecule has 0 radical (unpaired) electrons. The van der Waals surface area contributed by atoms with Crippen molar-refractivity contribution in [3.63, 3.8) is 0 Å². The summed E-state index contributed by atoms with van der Waals surface area (Å²) in [5.74, 6) is -0.111. The van der Waals surface area contributed by atoms with Gasteiger partial charge in [0.05, 0.1) is 13.0 Å². The smallest absolute Gasteiger partial charge is 0.308 e. The molecule has 0 unspecified atom stereocenters. The van der Waals surface area contributed by atoms with E-state index < -0.39 is 0 Å². The predicted octanol–water partition coefficient (Wildman–Crippen LogP) is 2.58. The Kier molecular flexibility index (Phi) is 6.60. The molecule has 1 fully saturated rings. The van der Waals surface area contributed by atoms with Gasteiger partial charge in [-0.2, -0.15) is 0 Å². The van der Waals surface area contributed by atoms with E-state index in [-0.39, 0.29) is 23.8 Å². The molecule has 0 aliphatic heterocycles. The summed E-state index contributed by atoms with van der Waals surface area (Å²) in [5, 5.41) is 3.03. The monoisotopic (exact) mass is 267 g/mol. The molecule has 4 nitrogen and oxygen atoms in total. The summed E-state index contributed by atoms with van der Waals surface area (Å²) in [7, 11) is 1.43. The van der Waals surface area contributed by atoms with E-state index in [2.05, 4.69) is 19.2 Å². The fraction of sp³-hybridized carbons (Fsp3) is 0.733. The van der Waals surface area contributed by atoms with Crippen molar-refractivity contribution >= 4 is 11.9 Å². The topological polar surface area (TPSA) is 55.4 Å². The van der Waals surface area contributed by atoms with Gasteiger partial charge in [-0.3, -0.25) is 9.59 Å². The summed E-state index contributed by atoms with van der Waals surface area (Å²) in [4.78, 5) is 23.2. The summed E-state index contributed by atoms with van der Waals surface area (Å²) in [6.07, 6.45) is 6.86. The highest BCUT2D eigenvalue weighted by Gasteiger charge is 2.27. The number of hydrogen-bond acceptors (Lipinski definition) is 3. The molecule has 19 heavy (non-hydrogen) atoms. The largest absolute Gasteiger partial charge is 0.469 e. The number of esters is 1. The van der Waals surface area contributed by atoms with Crippen LogP contribution in [0.3, 0.4) is 0 Å². The third-order valence-electron chi connectivity index (χ3n) is 3.85. The molecule has 108 valence electrons. The molecule has 0 aromatic heterocycles. The van der Waals surface area contributed by atoms with E-state index in [1.807, 2.05) is 0 Å². The van der Waals surface area contributed by atoms with Crippen LogP contribution in [-0.4, -0.2) is 25.0 Å². The van der Waals surface area contributed by atoms with E-state index in [1.54, 1.807) is 6.08 Å². The normalized spacial score (nSPS) is 22.5. The van der Waals surface area contributed by atoms with Crippen LogP contribution in [0.5, 0.6) is 0 Å². The second-order valence-corrected chi connectivity index (χ2v) is 5.09. The van der Waals surface area contributed by atoms with Crippen LogP contribution >= 0.6 is 0 Å². The number of ether oxygens (including phenoxy) is 1. The fourth-order valence-electron chi connectivity index (χ4n) is 2.52. The van der Waals surface area contributed by atoms with Crippen molar-refractivity contribution in [3.8, 4) is 0 Å². The van der Waals surface area contributed by atoms with Crippen molar-refractivity contribution in [2.24, 2.45) is 5.92 Å². The van der Waals surface area contributed by atoms with Gasteiger partial charge in [0.25, 0.3) is 0 Å². The van der Waals surface area contributed by atoms with Gasteiger partial charge in [0.2, 0.25) is 5.91 Å². The van der Waals surface area contributed by atoms with Crippen LogP contribution in [0.25, 0.3) is 0 Å². The molecule has 1 amide bonds. The fourth-order valence-corrected chi connectivity index (χ4v) is 2.52. The van der Waals surface area contributed by atoms with Crippen molar-refractivity contribution in [2.45, 2.75) is 58.4 Å². The first kappa shape index (κ1) is 15.7. The molecule has 1 aliphatic rings. The molecule has 0 aromatic rings. The van der Waals surface area contributed by atoms with Gasteiger partial charge in [-0.1, -0.05) is 19.4 Å². The van der Waals surface area contributed by atoms with Gasteiger partial charge in [-0.25, -0.2) is 0 Å². The van der Waals surface area contributed by atoms with Crippen LogP contribution in [0.15, 0.2) is 11.6 Å². The second-order valence-electron chi connectivity index (χ2n) is 5.09. The summed E-state index contributed by atoms with van der Waals surface area (Å²) in [5.41, 5.74) is 1.17. The molecule has 4 heteroatoms. The lowest BCUT2D eigenvalue weighted by Gasteiger charge is -2.27. The molecule has 1 rings (SSSR count). The Morgan fingerprint density at radius 1 is 1.16 bits per heavy atom. The van der Waals surface area contributed by atoms with Crippen LogP contribution in [0.1, 0.15) is 52.4 Å².